The minimum absolute atomic E-state index is 0.0989. The molecule has 0 aliphatic rings. The number of nitrogens with zero attached hydrogens (tertiary/aromatic N) is 1. The first-order valence-corrected chi connectivity index (χ1v) is 6.83. The molecule has 2 N–H and O–H groups in total. The van der Waals surface area contributed by atoms with Gasteiger partial charge in [0.25, 0.3) is 0 Å². The van der Waals surface area contributed by atoms with Gasteiger partial charge in [0, 0.05) is 19.5 Å². The lowest BCUT2D eigenvalue weighted by Crippen LogP contribution is -2.37. The van der Waals surface area contributed by atoms with Gasteiger partial charge in [0.05, 0.1) is 6.42 Å². The second-order valence-corrected chi connectivity index (χ2v) is 4.56. The molecule has 21 heavy (non-hydrogen) atoms. The number of nitrogens with one attached hydrogen (secondary N) is 1. The van der Waals surface area contributed by atoms with Crippen LogP contribution in [-0.4, -0.2) is 47.4 Å². The maximum Gasteiger partial charge on any atom is 0.323 e. The maximum absolute atomic E-state index is 11.8. The zero-order chi connectivity index (χ0) is 15.7. The van der Waals surface area contributed by atoms with Crippen molar-refractivity contribution in [3.05, 3.63) is 35.9 Å². The van der Waals surface area contributed by atoms with Crippen LogP contribution in [0.2, 0.25) is 0 Å². The zero-order valence-electron chi connectivity index (χ0n) is 12.0. The van der Waals surface area contributed by atoms with Crippen LogP contribution in [0.3, 0.4) is 0 Å². The van der Waals surface area contributed by atoms with E-state index < -0.39 is 5.97 Å². The van der Waals surface area contributed by atoms with Gasteiger partial charge in [-0.1, -0.05) is 30.3 Å². The van der Waals surface area contributed by atoms with Crippen LogP contribution in [0.5, 0.6) is 0 Å². The van der Waals surface area contributed by atoms with E-state index in [0.29, 0.717) is 6.54 Å². The molecule has 0 saturated heterocycles. The van der Waals surface area contributed by atoms with Crippen LogP contribution in [-0.2, 0) is 20.8 Å². The molecule has 6 heteroatoms. The van der Waals surface area contributed by atoms with Crippen molar-refractivity contribution in [2.75, 3.05) is 19.6 Å². The molecule has 6 nitrogen and oxygen atoms in total. The minimum Gasteiger partial charge on any atom is -0.480 e. The van der Waals surface area contributed by atoms with Gasteiger partial charge in [-0.3, -0.25) is 14.4 Å². The van der Waals surface area contributed by atoms with Crippen molar-refractivity contribution >= 4 is 17.8 Å². The van der Waals surface area contributed by atoms with Gasteiger partial charge in [-0.2, -0.15) is 0 Å². The third kappa shape index (κ3) is 6.56. The molecule has 0 atom stereocenters. The van der Waals surface area contributed by atoms with Crippen LogP contribution < -0.4 is 5.32 Å². The van der Waals surface area contributed by atoms with Crippen LogP contribution in [0, 0.1) is 0 Å². The standard InChI is InChI=1S/C15H20N2O4/c1-2-17(11-15(20)21)14(19)8-9-16-13(18)10-12-6-4-3-5-7-12/h3-7H,2,8-11H2,1H3,(H,16,18)(H,20,21). The van der Waals surface area contributed by atoms with E-state index in [9.17, 15) is 14.4 Å². The van der Waals surface area contributed by atoms with Crippen LogP contribution in [0.25, 0.3) is 0 Å². The van der Waals surface area contributed by atoms with E-state index in [1.165, 1.54) is 4.90 Å². The van der Waals surface area contributed by atoms with Crippen LogP contribution in [0.15, 0.2) is 30.3 Å². The largest absolute Gasteiger partial charge is 0.480 e. The average Bonchev–Trinajstić information content (AvgIpc) is 2.45. The van der Waals surface area contributed by atoms with Gasteiger partial charge in [-0.05, 0) is 12.5 Å². The van der Waals surface area contributed by atoms with Crippen molar-refractivity contribution in [2.24, 2.45) is 0 Å². The first-order valence-electron chi connectivity index (χ1n) is 6.83. The number of benzene rings is 1. The van der Waals surface area contributed by atoms with E-state index in [-0.39, 0.29) is 37.7 Å². The first-order chi connectivity index (χ1) is 10.0. The molecule has 0 aliphatic heterocycles. The van der Waals surface area contributed by atoms with Crippen molar-refractivity contribution in [3.8, 4) is 0 Å². The summed E-state index contributed by atoms with van der Waals surface area (Å²) in [7, 11) is 0. The Balaban J connectivity index is 2.30. The van der Waals surface area contributed by atoms with E-state index in [1.807, 2.05) is 30.3 Å². The van der Waals surface area contributed by atoms with E-state index >= 15 is 0 Å². The van der Waals surface area contributed by atoms with Gasteiger partial charge >= 0.3 is 5.97 Å². The normalized spacial score (nSPS) is 9.95. The topological polar surface area (TPSA) is 86.7 Å². The number of carboxylic acid groups (broad SMARTS) is 1. The quantitative estimate of drug-likeness (QED) is 0.737. The van der Waals surface area contributed by atoms with Crippen LogP contribution >= 0.6 is 0 Å². The highest BCUT2D eigenvalue weighted by Crippen LogP contribution is 1.99. The Labute approximate surface area is 123 Å². The fourth-order valence-corrected chi connectivity index (χ4v) is 1.85. The van der Waals surface area contributed by atoms with Gasteiger partial charge in [0.15, 0.2) is 0 Å². The lowest BCUT2D eigenvalue weighted by Gasteiger charge is -2.18. The zero-order valence-corrected chi connectivity index (χ0v) is 12.0. The molecule has 0 spiro atoms. The lowest BCUT2D eigenvalue weighted by atomic mass is 10.1. The van der Waals surface area contributed by atoms with Gasteiger partial charge in [0.1, 0.15) is 6.54 Å². The molecule has 0 aliphatic carbocycles. The van der Waals surface area contributed by atoms with Crippen molar-refractivity contribution in [3.63, 3.8) is 0 Å². The number of carbonyl (C=O) groups excluding carboxylic acids is 2. The smallest absolute Gasteiger partial charge is 0.323 e. The summed E-state index contributed by atoms with van der Waals surface area (Å²) in [5.41, 5.74) is 0.905. The van der Waals surface area contributed by atoms with Gasteiger partial charge in [0.2, 0.25) is 11.8 Å². The molecule has 0 radical (unpaired) electrons. The monoisotopic (exact) mass is 292 g/mol. The summed E-state index contributed by atoms with van der Waals surface area (Å²) in [5, 5.41) is 11.3. The second-order valence-electron chi connectivity index (χ2n) is 4.56. The third-order valence-corrected chi connectivity index (χ3v) is 2.93. The Morgan fingerprint density at radius 1 is 1.19 bits per heavy atom. The highest BCUT2D eigenvalue weighted by molar-refractivity contribution is 5.82. The number of aliphatic carboxylic acids is 1. The summed E-state index contributed by atoms with van der Waals surface area (Å²) in [5.74, 6) is -1.48. The minimum atomic E-state index is -1.04. The summed E-state index contributed by atoms with van der Waals surface area (Å²) < 4.78 is 0. The first kappa shape index (κ1) is 16.7. The van der Waals surface area contributed by atoms with Crippen LogP contribution in [0.1, 0.15) is 18.9 Å². The highest BCUT2D eigenvalue weighted by atomic mass is 16.4. The molecular weight excluding hydrogens is 272 g/mol. The second kappa shape index (κ2) is 8.73. The SMILES string of the molecule is CCN(CC(=O)O)C(=O)CCNC(=O)Cc1ccccc1. The maximum atomic E-state index is 11.8. The summed E-state index contributed by atoms with van der Waals surface area (Å²) in [6.07, 6.45) is 0.364. The third-order valence-electron chi connectivity index (χ3n) is 2.93. The van der Waals surface area contributed by atoms with E-state index in [4.69, 9.17) is 5.11 Å². The van der Waals surface area contributed by atoms with Crippen molar-refractivity contribution in [1.82, 2.24) is 10.2 Å². The molecule has 114 valence electrons. The molecule has 1 aromatic carbocycles. The molecule has 1 aromatic rings. The van der Waals surface area contributed by atoms with E-state index in [2.05, 4.69) is 5.32 Å². The fourth-order valence-electron chi connectivity index (χ4n) is 1.85. The Morgan fingerprint density at radius 3 is 2.43 bits per heavy atom. The van der Waals surface area contributed by atoms with Gasteiger partial charge < -0.3 is 15.3 Å². The Morgan fingerprint density at radius 2 is 1.86 bits per heavy atom. The van der Waals surface area contributed by atoms with Crippen molar-refractivity contribution < 1.29 is 19.5 Å². The predicted molar refractivity (Wildman–Crippen MR) is 77.7 cm³/mol. The van der Waals surface area contributed by atoms with E-state index in [0.717, 1.165) is 5.56 Å². The predicted octanol–water partition coefficient (Wildman–Crippen LogP) is 0.669. The van der Waals surface area contributed by atoms with Crippen molar-refractivity contribution in [2.45, 2.75) is 19.8 Å². The molecule has 0 saturated carbocycles. The molecule has 0 fully saturated rings. The number of amides is 2. The Hall–Kier alpha value is -2.37. The number of carboxylic acids is 1. The average molecular weight is 292 g/mol. The number of rotatable bonds is 8. The fraction of sp³-hybridized carbons (Fsp3) is 0.400. The Bertz CT molecular complexity index is 488. The summed E-state index contributed by atoms with van der Waals surface area (Å²) >= 11 is 0. The van der Waals surface area contributed by atoms with Crippen LogP contribution in [0.4, 0.5) is 0 Å². The molecule has 2 amide bonds. The lowest BCUT2D eigenvalue weighted by molar-refractivity contribution is -0.144. The molecular formula is C15H20N2O4. The molecule has 0 heterocycles. The number of carbonyl (C=O) groups is 3. The number of hydrogen-bond donors (Lipinski definition) is 2. The molecule has 1 rings (SSSR count). The molecule has 0 aromatic heterocycles. The summed E-state index contributed by atoms with van der Waals surface area (Å²) in [4.78, 5) is 35.3. The van der Waals surface area contributed by atoms with Gasteiger partial charge in [-0.25, -0.2) is 0 Å². The summed E-state index contributed by atoms with van der Waals surface area (Å²) in [6, 6.07) is 9.31. The Kier molecular flexibility index (Phi) is 6.94. The number of hydrogen-bond acceptors (Lipinski definition) is 3. The van der Waals surface area contributed by atoms with E-state index in [1.54, 1.807) is 6.92 Å². The molecule has 0 bridgehead atoms. The summed E-state index contributed by atoms with van der Waals surface area (Å²) in [6.45, 7) is 1.95. The molecule has 0 unspecified atom stereocenters. The highest BCUT2D eigenvalue weighted by Gasteiger charge is 2.14. The van der Waals surface area contributed by atoms with Crippen molar-refractivity contribution in [1.29, 1.82) is 0 Å². The van der Waals surface area contributed by atoms with Gasteiger partial charge in [-0.15, -0.1) is 0 Å². The number of likely N-dealkylation sites (N-methyl/N-ethyl adjacent to an activating group) is 1.